The summed E-state index contributed by atoms with van der Waals surface area (Å²) < 4.78 is 3.32. The largest absolute Gasteiger partial charge is 0.856 e. The predicted octanol–water partition coefficient (Wildman–Crippen LogP) is -0.529. The molecule has 0 bridgehead atoms. The van der Waals surface area contributed by atoms with E-state index in [1.165, 1.54) is 0 Å². The molecular weight excluding hydrogens is 318 g/mol. The maximum Gasteiger partial charge on any atom is 0.306 e. The molecule has 0 unspecified atom stereocenters. The van der Waals surface area contributed by atoms with E-state index in [-0.39, 0.29) is 18.8 Å². The summed E-state index contributed by atoms with van der Waals surface area (Å²) in [5, 5.41) is 32.3. The normalized spacial score (nSPS) is 10.9. The Morgan fingerprint density at radius 2 is 1.92 bits per heavy atom. The highest BCUT2D eigenvalue weighted by Gasteiger charge is 2.18. The second kappa shape index (κ2) is 7.57. The summed E-state index contributed by atoms with van der Waals surface area (Å²) in [6, 6.07) is 0. The Hall–Kier alpha value is -2.91. The number of rotatable bonds is 9. The number of nitrogens with one attached hydrogen (secondary N) is 1. The van der Waals surface area contributed by atoms with Crippen molar-refractivity contribution in [3.8, 4) is 5.88 Å². The number of fused-ring (bicyclic) bond motifs is 1. The summed E-state index contributed by atoms with van der Waals surface area (Å²) in [5.74, 6) is -2.08. The third kappa shape index (κ3) is 4.31. The van der Waals surface area contributed by atoms with Crippen LogP contribution in [0.25, 0.3) is 11.2 Å². The highest BCUT2D eigenvalue weighted by Crippen LogP contribution is 2.18. The second-order valence-electron chi connectivity index (χ2n) is 5.37. The zero-order valence-electron chi connectivity index (χ0n) is 13.2. The molecule has 10 nitrogen and oxygen atoms in total. The van der Waals surface area contributed by atoms with Crippen LogP contribution >= 0.6 is 0 Å². The monoisotopic (exact) mass is 337 g/mol. The highest BCUT2D eigenvalue weighted by molar-refractivity contribution is 5.74. The first kappa shape index (κ1) is 17.4. The van der Waals surface area contributed by atoms with Gasteiger partial charge >= 0.3 is 17.6 Å². The topological polar surface area (TPSA) is 144 Å². The standard InChI is InChI=1S/C14H19N5O5/c1-18-8-19(7-3-5-10(22)23)12-11(18)13(24)17-14(16-12)15-6-2-4-9(20)21/h8H,2-7H2,1H3,(H3-,15,16,17,20,21,22,23,24). The number of anilines is 1. The van der Waals surface area contributed by atoms with Crippen molar-refractivity contribution in [1.29, 1.82) is 0 Å². The van der Waals surface area contributed by atoms with Gasteiger partial charge in [-0.2, -0.15) is 0 Å². The highest BCUT2D eigenvalue weighted by atomic mass is 16.4. The molecular formula is C14H19N5O5. The van der Waals surface area contributed by atoms with E-state index in [9.17, 15) is 14.7 Å². The molecule has 2 aromatic heterocycles. The van der Waals surface area contributed by atoms with Crippen molar-refractivity contribution < 1.29 is 29.5 Å². The number of hydrogen-bond acceptors (Lipinski definition) is 6. The molecule has 0 amide bonds. The van der Waals surface area contributed by atoms with E-state index in [0.29, 0.717) is 37.1 Å². The summed E-state index contributed by atoms with van der Waals surface area (Å²) in [7, 11) is 1.70. The van der Waals surface area contributed by atoms with Crippen molar-refractivity contribution in [3.05, 3.63) is 6.33 Å². The van der Waals surface area contributed by atoms with E-state index < -0.39 is 17.8 Å². The number of imidazole rings is 1. The fraction of sp³-hybridized carbons (Fsp3) is 0.500. The molecule has 0 radical (unpaired) electrons. The van der Waals surface area contributed by atoms with Gasteiger partial charge in [-0.25, -0.2) is 9.55 Å². The number of aliphatic carboxylic acids is 2. The Kier molecular flexibility index (Phi) is 5.51. The molecule has 2 heterocycles. The number of carboxylic acid groups (broad SMARTS) is 2. The van der Waals surface area contributed by atoms with Crippen molar-refractivity contribution in [3.63, 3.8) is 0 Å². The Balaban J connectivity index is 2.16. The first-order valence-electron chi connectivity index (χ1n) is 7.49. The lowest BCUT2D eigenvalue weighted by atomic mass is 10.3. The lowest BCUT2D eigenvalue weighted by Crippen LogP contribution is -2.33. The quantitative estimate of drug-likeness (QED) is 0.409. The van der Waals surface area contributed by atoms with Crippen LogP contribution in [0.3, 0.4) is 0 Å². The molecule has 0 atom stereocenters. The predicted molar refractivity (Wildman–Crippen MR) is 80.4 cm³/mol. The third-order valence-corrected chi connectivity index (χ3v) is 3.41. The van der Waals surface area contributed by atoms with E-state index in [1.54, 1.807) is 22.5 Å². The molecule has 3 N–H and O–H groups in total. The van der Waals surface area contributed by atoms with Crippen molar-refractivity contribution >= 4 is 29.1 Å². The first-order chi connectivity index (χ1) is 11.4. The van der Waals surface area contributed by atoms with Gasteiger partial charge in [-0.05, 0) is 12.8 Å². The Morgan fingerprint density at radius 3 is 2.58 bits per heavy atom. The zero-order chi connectivity index (χ0) is 17.7. The molecule has 24 heavy (non-hydrogen) atoms. The van der Waals surface area contributed by atoms with Gasteiger partial charge in [0.05, 0.1) is 13.6 Å². The number of carboxylic acids is 2. The molecule has 0 aliphatic heterocycles. The average molecular weight is 337 g/mol. The molecule has 0 fully saturated rings. The van der Waals surface area contributed by atoms with Gasteiger partial charge in [0.1, 0.15) is 0 Å². The van der Waals surface area contributed by atoms with Gasteiger partial charge in [-0.3, -0.25) is 14.2 Å². The van der Waals surface area contributed by atoms with Gasteiger partial charge in [0.15, 0.2) is 11.8 Å². The Morgan fingerprint density at radius 1 is 1.25 bits per heavy atom. The van der Waals surface area contributed by atoms with Gasteiger partial charge in [-0.1, -0.05) is 4.98 Å². The lowest BCUT2D eigenvalue weighted by molar-refractivity contribution is -0.674. The van der Waals surface area contributed by atoms with Gasteiger partial charge in [-0.15, -0.1) is 0 Å². The molecule has 2 rings (SSSR count). The number of carbonyl (C=O) groups is 2. The van der Waals surface area contributed by atoms with Crippen LogP contribution in [0.4, 0.5) is 5.95 Å². The molecule has 130 valence electrons. The molecule has 10 heteroatoms. The maximum absolute atomic E-state index is 12.1. The first-order valence-corrected chi connectivity index (χ1v) is 7.49. The summed E-state index contributed by atoms with van der Waals surface area (Å²) >= 11 is 0. The van der Waals surface area contributed by atoms with Gasteiger partial charge in [0.25, 0.3) is 5.95 Å². The maximum atomic E-state index is 12.1. The van der Waals surface area contributed by atoms with Crippen LogP contribution < -0.4 is 15.0 Å². The smallest absolute Gasteiger partial charge is 0.306 e. The summed E-state index contributed by atoms with van der Waals surface area (Å²) in [5.41, 5.74) is 0.755. The molecule has 0 saturated carbocycles. The van der Waals surface area contributed by atoms with Crippen molar-refractivity contribution in [2.75, 3.05) is 11.9 Å². The molecule has 0 aliphatic carbocycles. The van der Waals surface area contributed by atoms with Crippen LogP contribution in [0.1, 0.15) is 25.7 Å². The SMILES string of the molecule is Cn1c[n+](CCCC(=O)O)c2nc(NCCCC(=O)O)nc([O-])c21. The Bertz CT molecular complexity index is 758. The number of nitrogens with zero attached hydrogens (tertiary/aromatic N) is 4. The van der Waals surface area contributed by atoms with E-state index >= 15 is 0 Å². The average Bonchev–Trinajstić information content (AvgIpc) is 2.80. The van der Waals surface area contributed by atoms with E-state index in [4.69, 9.17) is 10.2 Å². The minimum Gasteiger partial charge on any atom is -0.856 e. The fourth-order valence-electron chi connectivity index (χ4n) is 2.34. The molecule has 0 aromatic carbocycles. The minimum atomic E-state index is -0.892. The zero-order valence-corrected chi connectivity index (χ0v) is 13.2. The van der Waals surface area contributed by atoms with Crippen molar-refractivity contribution in [2.45, 2.75) is 32.2 Å². The minimum absolute atomic E-state index is 0.0139. The van der Waals surface area contributed by atoms with Crippen LogP contribution in [0.15, 0.2) is 6.33 Å². The summed E-state index contributed by atoms with van der Waals surface area (Å²) in [6.45, 7) is 0.752. The van der Waals surface area contributed by atoms with E-state index in [2.05, 4.69) is 15.3 Å². The van der Waals surface area contributed by atoms with Crippen molar-refractivity contribution in [2.24, 2.45) is 7.05 Å². The van der Waals surface area contributed by atoms with Crippen LogP contribution in [0.5, 0.6) is 5.88 Å². The summed E-state index contributed by atoms with van der Waals surface area (Å²) in [6.07, 6.45) is 2.52. The van der Waals surface area contributed by atoms with E-state index in [1.807, 2.05) is 0 Å². The molecule has 0 aliphatic rings. The van der Waals surface area contributed by atoms with Gasteiger partial charge in [0, 0.05) is 25.3 Å². The van der Waals surface area contributed by atoms with Crippen LogP contribution in [0, 0.1) is 0 Å². The third-order valence-electron chi connectivity index (χ3n) is 3.41. The van der Waals surface area contributed by atoms with Crippen LogP contribution in [-0.2, 0) is 23.2 Å². The van der Waals surface area contributed by atoms with E-state index in [0.717, 1.165) is 0 Å². The van der Waals surface area contributed by atoms with Gasteiger partial charge < -0.3 is 20.6 Å². The second-order valence-corrected chi connectivity index (χ2v) is 5.37. The van der Waals surface area contributed by atoms with Crippen molar-refractivity contribution in [1.82, 2.24) is 14.5 Å². The molecule has 2 aromatic rings. The molecule has 0 saturated heterocycles. The van der Waals surface area contributed by atoms with Gasteiger partial charge in [0.2, 0.25) is 0 Å². The molecule has 0 spiro atoms. The summed E-state index contributed by atoms with van der Waals surface area (Å²) in [4.78, 5) is 29.2. The number of hydrogen-bond donors (Lipinski definition) is 3. The van der Waals surface area contributed by atoms with Crippen LogP contribution in [-0.4, -0.2) is 43.2 Å². The fourth-order valence-corrected chi connectivity index (χ4v) is 2.34. The Labute approximate surface area is 137 Å². The number of aromatic nitrogens is 4. The lowest BCUT2D eigenvalue weighted by Gasteiger charge is -2.07. The van der Waals surface area contributed by atoms with Crippen LogP contribution in [0.2, 0.25) is 0 Å². The number of aryl methyl sites for hydroxylation is 2.